The van der Waals surface area contributed by atoms with Crippen molar-refractivity contribution in [3.63, 3.8) is 0 Å². The number of nitrogens with zero attached hydrogens (tertiary/aromatic N) is 4. The van der Waals surface area contributed by atoms with Gasteiger partial charge in [-0.25, -0.2) is 9.07 Å². The van der Waals surface area contributed by atoms with E-state index in [0.717, 1.165) is 29.2 Å². The molecule has 3 aromatic rings. The van der Waals surface area contributed by atoms with E-state index in [0.29, 0.717) is 18.7 Å². The van der Waals surface area contributed by atoms with Gasteiger partial charge in [0.2, 0.25) is 0 Å². The quantitative estimate of drug-likeness (QED) is 0.700. The van der Waals surface area contributed by atoms with Crippen molar-refractivity contribution in [1.82, 2.24) is 14.7 Å². The Labute approximate surface area is 157 Å². The molecule has 0 radical (unpaired) electrons. The molecule has 2 aromatic carbocycles. The summed E-state index contributed by atoms with van der Waals surface area (Å²) in [5, 5.41) is 4.35. The molecule has 0 aliphatic carbocycles. The maximum absolute atomic E-state index is 13.2. The molecule has 0 saturated heterocycles. The normalized spacial score (nSPS) is 14.0. The van der Waals surface area contributed by atoms with Crippen molar-refractivity contribution >= 4 is 11.6 Å². The van der Waals surface area contributed by atoms with Gasteiger partial charge in [-0.1, -0.05) is 18.2 Å². The van der Waals surface area contributed by atoms with Crippen molar-refractivity contribution < 1.29 is 9.18 Å². The van der Waals surface area contributed by atoms with Crippen LogP contribution in [0.3, 0.4) is 0 Å². The third kappa shape index (κ3) is 3.18. The number of halogens is 1. The lowest BCUT2D eigenvalue weighted by Gasteiger charge is -2.21. The fourth-order valence-corrected chi connectivity index (χ4v) is 3.50. The Bertz CT molecular complexity index is 980. The predicted molar refractivity (Wildman–Crippen MR) is 103 cm³/mol. The van der Waals surface area contributed by atoms with Crippen molar-refractivity contribution in [1.29, 1.82) is 0 Å². The Morgan fingerprint density at radius 3 is 2.59 bits per heavy atom. The summed E-state index contributed by atoms with van der Waals surface area (Å²) in [6.45, 7) is 3.85. The number of fused-ring (bicyclic) bond motifs is 1. The monoisotopic (exact) mass is 364 g/mol. The van der Waals surface area contributed by atoms with E-state index in [9.17, 15) is 9.18 Å². The van der Waals surface area contributed by atoms with Crippen LogP contribution >= 0.6 is 0 Å². The summed E-state index contributed by atoms with van der Waals surface area (Å²) in [6.07, 6.45) is 1.60. The van der Waals surface area contributed by atoms with Crippen LogP contribution in [0.15, 0.2) is 54.7 Å². The number of para-hydroxylation sites is 1. The van der Waals surface area contributed by atoms with E-state index in [4.69, 9.17) is 0 Å². The second-order valence-electron chi connectivity index (χ2n) is 6.81. The first-order valence-corrected chi connectivity index (χ1v) is 8.93. The highest BCUT2D eigenvalue weighted by Crippen LogP contribution is 2.25. The molecule has 0 saturated carbocycles. The van der Waals surface area contributed by atoms with E-state index in [1.54, 1.807) is 23.0 Å². The molecular formula is C21H21FN4O. The van der Waals surface area contributed by atoms with Crippen molar-refractivity contribution in [3.8, 4) is 5.69 Å². The van der Waals surface area contributed by atoms with Gasteiger partial charge in [0.25, 0.3) is 5.91 Å². The van der Waals surface area contributed by atoms with Gasteiger partial charge in [0.05, 0.1) is 23.1 Å². The molecule has 1 aromatic heterocycles. The van der Waals surface area contributed by atoms with Gasteiger partial charge >= 0.3 is 0 Å². The minimum absolute atomic E-state index is 0.0361. The smallest absolute Gasteiger partial charge is 0.257 e. The molecule has 1 aliphatic rings. The number of rotatable bonds is 2. The predicted octanol–water partition coefficient (Wildman–Crippen LogP) is 3.41. The summed E-state index contributed by atoms with van der Waals surface area (Å²) < 4.78 is 14.8. The molecule has 0 fully saturated rings. The Morgan fingerprint density at radius 1 is 1.07 bits per heavy atom. The number of hydrogen-bond acceptors (Lipinski definition) is 3. The fourth-order valence-electron chi connectivity index (χ4n) is 3.50. The summed E-state index contributed by atoms with van der Waals surface area (Å²) in [7, 11) is 2.05. The number of aromatic nitrogens is 2. The summed E-state index contributed by atoms with van der Waals surface area (Å²) in [4.78, 5) is 17.2. The minimum atomic E-state index is -0.299. The molecule has 0 N–H and O–H groups in total. The molecule has 4 rings (SSSR count). The average Bonchev–Trinajstić information content (AvgIpc) is 2.97. The summed E-state index contributed by atoms with van der Waals surface area (Å²) in [6, 6.07) is 14.2. The first-order chi connectivity index (χ1) is 13.0. The highest BCUT2D eigenvalue weighted by Gasteiger charge is 2.25. The molecule has 0 unspecified atom stereocenters. The standard InChI is InChI=1S/C21H21FN4O/c1-15-19(13-23-26(15)18-9-7-17(22)8-10-18)21(27)25-12-11-24(2)20-6-4-3-5-16(20)14-25/h3-10,13H,11-12,14H2,1-2H3. The molecule has 6 heteroatoms. The lowest BCUT2D eigenvalue weighted by molar-refractivity contribution is 0.0751. The van der Waals surface area contributed by atoms with Crippen LogP contribution in [0.4, 0.5) is 10.1 Å². The van der Waals surface area contributed by atoms with Crippen LogP contribution in [0.5, 0.6) is 0 Å². The van der Waals surface area contributed by atoms with Gasteiger partial charge < -0.3 is 9.80 Å². The number of hydrogen-bond donors (Lipinski definition) is 0. The van der Waals surface area contributed by atoms with E-state index < -0.39 is 0 Å². The van der Waals surface area contributed by atoms with Gasteiger partial charge in [0, 0.05) is 32.4 Å². The third-order valence-electron chi connectivity index (χ3n) is 5.07. The molecular weight excluding hydrogens is 343 g/mol. The fraction of sp³-hybridized carbons (Fsp3) is 0.238. The van der Waals surface area contributed by atoms with Crippen LogP contribution < -0.4 is 4.90 Å². The molecule has 138 valence electrons. The SMILES string of the molecule is Cc1c(C(=O)N2CCN(C)c3ccccc3C2)cnn1-c1ccc(F)cc1. The third-order valence-corrected chi connectivity index (χ3v) is 5.07. The van der Waals surface area contributed by atoms with Crippen molar-refractivity contribution in [2.75, 3.05) is 25.0 Å². The highest BCUT2D eigenvalue weighted by molar-refractivity contribution is 5.95. The van der Waals surface area contributed by atoms with Crippen molar-refractivity contribution in [2.24, 2.45) is 0 Å². The van der Waals surface area contributed by atoms with E-state index in [1.807, 2.05) is 31.0 Å². The number of benzene rings is 2. The number of carbonyl (C=O) groups is 1. The number of carbonyl (C=O) groups excluding carboxylic acids is 1. The Morgan fingerprint density at radius 2 is 1.81 bits per heavy atom. The first-order valence-electron chi connectivity index (χ1n) is 8.93. The van der Waals surface area contributed by atoms with E-state index in [2.05, 4.69) is 22.1 Å². The minimum Gasteiger partial charge on any atom is -0.373 e. The van der Waals surface area contributed by atoms with Gasteiger partial charge in [-0.05, 0) is 42.8 Å². The van der Waals surface area contributed by atoms with Gasteiger partial charge in [-0.15, -0.1) is 0 Å². The lowest BCUT2D eigenvalue weighted by Crippen LogP contribution is -2.34. The zero-order valence-corrected chi connectivity index (χ0v) is 15.4. The molecule has 0 spiro atoms. The zero-order chi connectivity index (χ0) is 19.0. The zero-order valence-electron chi connectivity index (χ0n) is 15.4. The van der Waals surface area contributed by atoms with E-state index >= 15 is 0 Å². The van der Waals surface area contributed by atoms with Crippen LogP contribution in [0.2, 0.25) is 0 Å². The largest absolute Gasteiger partial charge is 0.373 e. The molecule has 1 amide bonds. The van der Waals surface area contributed by atoms with Crippen LogP contribution in [0, 0.1) is 12.7 Å². The lowest BCUT2D eigenvalue weighted by atomic mass is 10.1. The Balaban J connectivity index is 1.63. The van der Waals surface area contributed by atoms with E-state index in [-0.39, 0.29) is 11.7 Å². The molecule has 0 bridgehead atoms. The van der Waals surface area contributed by atoms with Crippen LogP contribution in [-0.4, -0.2) is 40.7 Å². The number of anilines is 1. The van der Waals surface area contributed by atoms with Gasteiger partial charge in [0.1, 0.15) is 5.82 Å². The molecule has 27 heavy (non-hydrogen) atoms. The van der Waals surface area contributed by atoms with Gasteiger partial charge in [-0.3, -0.25) is 4.79 Å². The van der Waals surface area contributed by atoms with Gasteiger partial charge in [0.15, 0.2) is 0 Å². The maximum atomic E-state index is 13.2. The number of amides is 1. The Kier molecular flexibility index (Phi) is 4.39. The molecule has 2 heterocycles. The second-order valence-corrected chi connectivity index (χ2v) is 6.81. The van der Waals surface area contributed by atoms with Crippen LogP contribution in [0.25, 0.3) is 5.69 Å². The van der Waals surface area contributed by atoms with Crippen LogP contribution in [-0.2, 0) is 6.54 Å². The Hall–Kier alpha value is -3.15. The second kappa shape index (κ2) is 6.87. The highest BCUT2D eigenvalue weighted by atomic mass is 19.1. The summed E-state index contributed by atoms with van der Waals surface area (Å²) in [5.41, 5.74) is 4.34. The summed E-state index contributed by atoms with van der Waals surface area (Å²) in [5.74, 6) is -0.335. The van der Waals surface area contributed by atoms with Crippen molar-refractivity contribution in [2.45, 2.75) is 13.5 Å². The number of likely N-dealkylation sites (N-methyl/N-ethyl adjacent to an activating group) is 1. The topological polar surface area (TPSA) is 41.4 Å². The molecule has 0 atom stereocenters. The van der Waals surface area contributed by atoms with Crippen LogP contribution in [0.1, 0.15) is 21.6 Å². The van der Waals surface area contributed by atoms with E-state index in [1.165, 1.54) is 12.1 Å². The maximum Gasteiger partial charge on any atom is 0.257 e. The average molecular weight is 364 g/mol. The molecule has 5 nitrogen and oxygen atoms in total. The summed E-state index contributed by atoms with van der Waals surface area (Å²) >= 11 is 0. The van der Waals surface area contributed by atoms with Gasteiger partial charge in [-0.2, -0.15) is 5.10 Å². The first kappa shape index (κ1) is 17.3. The molecule has 1 aliphatic heterocycles. The van der Waals surface area contributed by atoms with Crippen molar-refractivity contribution in [3.05, 3.63) is 77.4 Å².